The number of rotatable bonds is 6. The van der Waals surface area contributed by atoms with Crippen molar-refractivity contribution in [2.75, 3.05) is 20.2 Å². The van der Waals surface area contributed by atoms with Crippen LogP contribution in [-0.2, 0) is 4.89 Å². The van der Waals surface area contributed by atoms with Crippen LogP contribution >= 0.6 is 0 Å². The van der Waals surface area contributed by atoms with Crippen LogP contribution in [0.15, 0.2) is 48.5 Å². The molecule has 1 aliphatic rings. The van der Waals surface area contributed by atoms with Gasteiger partial charge in [-0.15, -0.1) is 0 Å². The quantitative estimate of drug-likeness (QED) is 0.490. The van der Waals surface area contributed by atoms with Crippen LogP contribution in [0.3, 0.4) is 0 Å². The van der Waals surface area contributed by atoms with Crippen LogP contribution in [0.1, 0.15) is 28.9 Å². The number of hydrogen-bond acceptors (Lipinski definition) is 7. The Bertz CT molecular complexity index is 1030. The lowest BCUT2D eigenvalue weighted by molar-refractivity contribution is -0.148. The van der Waals surface area contributed by atoms with Crippen LogP contribution in [0.5, 0.6) is 17.2 Å². The number of nitrogens with zero attached hydrogens (tertiary/aromatic N) is 1. The Morgan fingerprint density at radius 3 is 2.53 bits per heavy atom. The Balaban J connectivity index is 1.61. The first kappa shape index (κ1) is 20.0. The summed E-state index contributed by atoms with van der Waals surface area (Å²) < 4.78 is 11.7. The van der Waals surface area contributed by atoms with Gasteiger partial charge in [0.1, 0.15) is 6.10 Å². The van der Waals surface area contributed by atoms with Gasteiger partial charge in [0.05, 0.1) is 23.6 Å². The number of pyridine rings is 1. The predicted molar refractivity (Wildman–Crippen MR) is 112 cm³/mol. The fourth-order valence-corrected chi connectivity index (χ4v) is 3.45. The maximum Gasteiger partial charge on any atom is 0.386 e. The summed E-state index contributed by atoms with van der Waals surface area (Å²) in [4.78, 5) is 27.3. The summed E-state index contributed by atoms with van der Waals surface area (Å²) in [6.45, 7) is 3.72. The molecule has 1 saturated heterocycles. The predicted octanol–water partition coefficient (Wildman–Crippen LogP) is 3.83. The van der Waals surface area contributed by atoms with Crippen LogP contribution in [0.25, 0.3) is 10.9 Å². The number of carbonyl (C=O) groups is 1. The van der Waals surface area contributed by atoms with Crippen LogP contribution in [-0.4, -0.2) is 37.3 Å². The molecule has 3 aromatic rings. The van der Waals surface area contributed by atoms with E-state index in [1.54, 1.807) is 43.5 Å². The first-order chi connectivity index (χ1) is 14.6. The molecule has 1 aliphatic heterocycles. The zero-order chi connectivity index (χ0) is 20.9. The summed E-state index contributed by atoms with van der Waals surface area (Å²) in [5, 5.41) is 3.99. The van der Waals surface area contributed by atoms with E-state index in [0.29, 0.717) is 33.7 Å². The number of aryl methyl sites for hydroxylation is 1. The van der Waals surface area contributed by atoms with E-state index in [2.05, 4.69) is 10.3 Å². The maximum absolute atomic E-state index is 12.2. The number of carbonyl (C=O) groups excluding carboxylic acids is 1. The molecule has 1 N–H and O–H groups in total. The molecule has 2 heterocycles. The number of aromatic nitrogens is 1. The van der Waals surface area contributed by atoms with E-state index in [1.165, 1.54) is 0 Å². The highest BCUT2D eigenvalue weighted by Crippen LogP contribution is 2.37. The van der Waals surface area contributed by atoms with Gasteiger partial charge in [-0.25, -0.2) is 9.68 Å². The van der Waals surface area contributed by atoms with E-state index in [9.17, 15) is 4.79 Å². The van der Waals surface area contributed by atoms with Crippen molar-refractivity contribution in [2.24, 2.45) is 0 Å². The lowest BCUT2D eigenvalue weighted by atomic mass is 10.1. The number of ether oxygens (including phenoxy) is 2. The van der Waals surface area contributed by atoms with Crippen LogP contribution in [0, 0.1) is 6.92 Å². The molecular formula is C23H24N2O5. The van der Waals surface area contributed by atoms with E-state index >= 15 is 0 Å². The molecule has 0 unspecified atom stereocenters. The smallest absolute Gasteiger partial charge is 0.386 e. The van der Waals surface area contributed by atoms with Crippen LogP contribution < -0.4 is 19.7 Å². The molecule has 0 amide bonds. The third-order valence-electron chi connectivity index (χ3n) is 4.98. The molecule has 156 valence electrons. The molecule has 0 saturated carbocycles. The SMILES string of the molecule is COc1cc2c(OOC(=O)c3ccccc3)cc(C)nc2cc1OC1CCNCC1. The Morgan fingerprint density at radius 1 is 1.03 bits per heavy atom. The largest absolute Gasteiger partial charge is 0.493 e. The van der Waals surface area contributed by atoms with Gasteiger partial charge in [0, 0.05) is 17.8 Å². The third-order valence-corrected chi connectivity index (χ3v) is 4.98. The molecule has 2 aromatic carbocycles. The van der Waals surface area contributed by atoms with Gasteiger partial charge in [-0.05, 0) is 51.1 Å². The van der Waals surface area contributed by atoms with Crippen molar-refractivity contribution >= 4 is 16.9 Å². The number of nitrogens with one attached hydrogen (secondary N) is 1. The minimum absolute atomic E-state index is 0.130. The summed E-state index contributed by atoms with van der Waals surface area (Å²) in [5.74, 6) is 1.03. The van der Waals surface area contributed by atoms with E-state index in [4.69, 9.17) is 19.2 Å². The summed E-state index contributed by atoms with van der Waals surface area (Å²) in [7, 11) is 1.59. The van der Waals surface area contributed by atoms with Crippen molar-refractivity contribution in [2.45, 2.75) is 25.9 Å². The van der Waals surface area contributed by atoms with Crippen LogP contribution in [0.4, 0.5) is 0 Å². The number of fused-ring (bicyclic) bond motifs is 1. The van der Waals surface area contributed by atoms with Gasteiger partial charge >= 0.3 is 5.97 Å². The topological polar surface area (TPSA) is 78.9 Å². The van der Waals surface area contributed by atoms with Gasteiger partial charge in [0.25, 0.3) is 0 Å². The van der Waals surface area contributed by atoms with E-state index in [0.717, 1.165) is 31.6 Å². The van der Waals surface area contributed by atoms with Gasteiger partial charge in [0.15, 0.2) is 17.2 Å². The average Bonchev–Trinajstić information content (AvgIpc) is 2.78. The Kier molecular flexibility index (Phi) is 5.99. The van der Waals surface area contributed by atoms with Gasteiger partial charge in [0.2, 0.25) is 0 Å². The maximum atomic E-state index is 12.2. The monoisotopic (exact) mass is 408 g/mol. The average molecular weight is 408 g/mol. The second-order valence-electron chi connectivity index (χ2n) is 7.17. The van der Waals surface area contributed by atoms with Crippen molar-refractivity contribution in [3.63, 3.8) is 0 Å². The van der Waals surface area contributed by atoms with E-state index in [-0.39, 0.29) is 6.10 Å². The van der Waals surface area contributed by atoms with Gasteiger partial charge in [-0.1, -0.05) is 18.2 Å². The van der Waals surface area contributed by atoms with Crippen LogP contribution in [0.2, 0.25) is 0 Å². The molecule has 30 heavy (non-hydrogen) atoms. The fraction of sp³-hybridized carbons (Fsp3) is 0.304. The molecule has 4 rings (SSSR count). The molecule has 1 fully saturated rings. The Morgan fingerprint density at radius 2 is 1.80 bits per heavy atom. The summed E-state index contributed by atoms with van der Waals surface area (Å²) in [6.07, 6.45) is 2.00. The highest BCUT2D eigenvalue weighted by Gasteiger charge is 2.19. The van der Waals surface area contributed by atoms with Crippen molar-refractivity contribution in [1.82, 2.24) is 10.3 Å². The zero-order valence-electron chi connectivity index (χ0n) is 17.0. The minimum Gasteiger partial charge on any atom is -0.493 e. The Labute approximate surface area is 174 Å². The highest BCUT2D eigenvalue weighted by atomic mass is 17.2. The van der Waals surface area contributed by atoms with Crippen molar-refractivity contribution < 1.29 is 24.0 Å². The zero-order valence-corrected chi connectivity index (χ0v) is 17.0. The standard InChI is InChI=1S/C23H24N2O5/c1-15-12-20(29-30-23(26)16-6-4-3-5-7-16)18-13-21(27-2)22(14-19(18)25-15)28-17-8-10-24-11-9-17/h3-7,12-14,17,24H,8-11H2,1-2H3. The van der Waals surface area contributed by atoms with E-state index < -0.39 is 5.97 Å². The lowest BCUT2D eigenvalue weighted by Gasteiger charge is -2.25. The molecule has 0 spiro atoms. The summed E-state index contributed by atoms with van der Waals surface area (Å²) in [6, 6.07) is 14.0. The lowest BCUT2D eigenvalue weighted by Crippen LogP contribution is -2.34. The number of methoxy groups -OCH3 is 1. The molecule has 0 radical (unpaired) electrons. The summed E-state index contributed by atoms with van der Waals surface area (Å²) in [5.41, 5.74) is 1.81. The summed E-state index contributed by atoms with van der Waals surface area (Å²) >= 11 is 0. The van der Waals surface area contributed by atoms with E-state index in [1.807, 2.05) is 19.1 Å². The Hall–Kier alpha value is -3.32. The first-order valence-corrected chi connectivity index (χ1v) is 9.94. The van der Waals surface area contributed by atoms with Gasteiger partial charge < -0.3 is 14.8 Å². The number of piperidine rings is 1. The molecule has 0 bridgehead atoms. The third kappa shape index (κ3) is 4.46. The highest BCUT2D eigenvalue weighted by molar-refractivity contribution is 5.90. The van der Waals surface area contributed by atoms with Gasteiger partial charge in [-0.3, -0.25) is 9.87 Å². The molecule has 7 heteroatoms. The molecular weight excluding hydrogens is 384 g/mol. The van der Waals surface area contributed by atoms with Crippen molar-refractivity contribution in [3.8, 4) is 17.2 Å². The first-order valence-electron chi connectivity index (χ1n) is 9.94. The molecule has 0 aliphatic carbocycles. The van der Waals surface area contributed by atoms with Crippen molar-refractivity contribution in [1.29, 1.82) is 0 Å². The number of hydrogen-bond donors (Lipinski definition) is 1. The van der Waals surface area contributed by atoms with Gasteiger partial charge in [-0.2, -0.15) is 0 Å². The minimum atomic E-state index is -0.573. The normalized spacial score (nSPS) is 14.3. The molecule has 0 atom stereocenters. The molecule has 1 aromatic heterocycles. The number of benzene rings is 2. The molecule has 7 nitrogen and oxygen atoms in total. The van der Waals surface area contributed by atoms with Crippen molar-refractivity contribution in [3.05, 3.63) is 59.8 Å². The second kappa shape index (κ2) is 9.00. The second-order valence-corrected chi connectivity index (χ2v) is 7.17. The fourth-order valence-electron chi connectivity index (χ4n) is 3.45.